The lowest BCUT2D eigenvalue weighted by atomic mass is 9.98. The van der Waals surface area contributed by atoms with E-state index in [4.69, 9.17) is 10.5 Å². The molecule has 0 aliphatic carbocycles. The molecule has 104 valence electrons. The Kier molecular flexibility index (Phi) is 4.53. The molecule has 0 saturated carbocycles. The molecule has 18 heavy (non-hydrogen) atoms. The minimum absolute atomic E-state index is 0.162. The number of primary amides is 1. The van der Waals surface area contributed by atoms with Crippen molar-refractivity contribution < 1.29 is 14.3 Å². The van der Waals surface area contributed by atoms with Crippen molar-refractivity contribution in [3.63, 3.8) is 0 Å². The maximum Gasteiger partial charge on any atom is 0.410 e. The van der Waals surface area contributed by atoms with Crippen LogP contribution in [0.15, 0.2) is 0 Å². The third-order valence-electron chi connectivity index (χ3n) is 2.82. The molecule has 2 amide bonds. The lowest BCUT2D eigenvalue weighted by Crippen LogP contribution is -2.46. The number of rotatable bonds is 1. The van der Waals surface area contributed by atoms with E-state index < -0.39 is 5.60 Å². The summed E-state index contributed by atoms with van der Waals surface area (Å²) in [6, 6.07) is 0. The molecule has 0 unspecified atom stereocenters. The molecule has 1 heterocycles. The van der Waals surface area contributed by atoms with Crippen LogP contribution < -0.4 is 5.73 Å². The van der Waals surface area contributed by atoms with Crippen molar-refractivity contribution in [1.29, 1.82) is 0 Å². The van der Waals surface area contributed by atoms with Gasteiger partial charge in [-0.3, -0.25) is 4.79 Å². The van der Waals surface area contributed by atoms with Crippen LogP contribution in [0.5, 0.6) is 0 Å². The highest BCUT2D eigenvalue weighted by Crippen LogP contribution is 2.35. The van der Waals surface area contributed by atoms with E-state index in [1.165, 1.54) is 0 Å². The Labute approximate surface area is 112 Å². The standard InChI is InChI=1S/C12H22N2O3S/c1-11(2,3)17-10(16)14-7-5-12(4,6-8-14)18-9(13)15/h5-8H2,1-4H3,(H2,13,15). The number of carbonyl (C=O) groups is 2. The van der Waals surface area contributed by atoms with E-state index in [9.17, 15) is 9.59 Å². The quantitative estimate of drug-likeness (QED) is 0.797. The van der Waals surface area contributed by atoms with Crippen molar-refractivity contribution in [2.75, 3.05) is 13.1 Å². The van der Waals surface area contributed by atoms with Gasteiger partial charge in [0, 0.05) is 17.8 Å². The maximum absolute atomic E-state index is 11.9. The summed E-state index contributed by atoms with van der Waals surface area (Å²) in [5.41, 5.74) is 4.73. The first-order valence-electron chi connectivity index (χ1n) is 6.08. The average molecular weight is 274 g/mol. The van der Waals surface area contributed by atoms with Gasteiger partial charge in [0.05, 0.1) is 0 Å². The molecule has 1 saturated heterocycles. The number of nitrogens with zero attached hydrogens (tertiary/aromatic N) is 1. The molecule has 0 bridgehead atoms. The number of nitrogens with two attached hydrogens (primary N) is 1. The number of ether oxygens (including phenoxy) is 1. The van der Waals surface area contributed by atoms with Crippen LogP contribution in [0.1, 0.15) is 40.5 Å². The van der Waals surface area contributed by atoms with Crippen molar-refractivity contribution in [3.8, 4) is 0 Å². The van der Waals surface area contributed by atoms with Gasteiger partial charge in [-0.15, -0.1) is 0 Å². The predicted molar refractivity (Wildman–Crippen MR) is 72.6 cm³/mol. The third kappa shape index (κ3) is 4.76. The number of hydrogen-bond acceptors (Lipinski definition) is 4. The molecular formula is C12H22N2O3S. The summed E-state index contributed by atoms with van der Waals surface area (Å²) in [6.07, 6.45) is 1.22. The van der Waals surface area contributed by atoms with Gasteiger partial charge in [-0.1, -0.05) is 11.8 Å². The van der Waals surface area contributed by atoms with Crippen LogP contribution in [0.3, 0.4) is 0 Å². The van der Waals surface area contributed by atoms with E-state index in [0.29, 0.717) is 13.1 Å². The number of likely N-dealkylation sites (tertiary alicyclic amines) is 1. The minimum Gasteiger partial charge on any atom is -0.444 e. The van der Waals surface area contributed by atoms with Crippen molar-refractivity contribution >= 4 is 23.1 Å². The number of hydrogen-bond donors (Lipinski definition) is 1. The Morgan fingerprint density at radius 1 is 1.28 bits per heavy atom. The van der Waals surface area contributed by atoms with Gasteiger partial charge >= 0.3 is 6.09 Å². The molecule has 0 aromatic rings. The Morgan fingerprint density at radius 3 is 2.17 bits per heavy atom. The summed E-state index contributed by atoms with van der Waals surface area (Å²) < 4.78 is 5.15. The normalized spacial score (nSPS) is 19.4. The molecule has 6 heteroatoms. The van der Waals surface area contributed by atoms with Gasteiger partial charge in [-0.05, 0) is 40.5 Å². The lowest BCUT2D eigenvalue weighted by Gasteiger charge is -2.38. The molecule has 5 nitrogen and oxygen atoms in total. The highest BCUT2D eigenvalue weighted by Gasteiger charge is 2.35. The van der Waals surface area contributed by atoms with Gasteiger partial charge in [0.25, 0.3) is 5.24 Å². The van der Waals surface area contributed by atoms with E-state index in [-0.39, 0.29) is 16.1 Å². The topological polar surface area (TPSA) is 72.6 Å². The van der Waals surface area contributed by atoms with Gasteiger partial charge in [0.15, 0.2) is 0 Å². The number of amides is 2. The Balaban J connectivity index is 2.48. The Morgan fingerprint density at radius 2 is 1.78 bits per heavy atom. The SMILES string of the molecule is CC(C)(C)OC(=O)N1CCC(C)(SC(N)=O)CC1. The summed E-state index contributed by atoms with van der Waals surface area (Å²) in [5, 5.41) is -0.358. The summed E-state index contributed by atoms with van der Waals surface area (Å²) in [7, 11) is 0. The molecule has 1 fully saturated rings. The highest BCUT2D eigenvalue weighted by molar-refractivity contribution is 8.14. The molecule has 0 aromatic heterocycles. The smallest absolute Gasteiger partial charge is 0.410 e. The second-order valence-corrected chi connectivity index (χ2v) is 7.43. The fourth-order valence-corrected chi connectivity index (χ4v) is 2.71. The molecule has 1 aliphatic heterocycles. The summed E-state index contributed by atoms with van der Waals surface area (Å²) in [6.45, 7) is 8.76. The number of carbonyl (C=O) groups excluding carboxylic acids is 2. The second kappa shape index (κ2) is 5.38. The molecule has 0 aromatic carbocycles. The molecule has 0 spiro atoms. The fourth-order valence-electron chi connectivity index (χ4n) is 1.83. The molecular weight excluding hydrogens is 252 g/mol. The van der Waals surface area contributed by atoms with Gasteiger partial charge in [-0.2, -0.15) is 0 Å². The van der Waals surface area contributed by atoms with E-state index in [1.807, 2.05) is 27.7 Å². The van der Waals surface area contributed by atoms with Crippen LogP contribution in [0.25, 0.3) is 0 Å². The monoisotopic (exact) mass is 274 g/mol. The Bertz CT molecular complexity index is 331. The number of piperidine rings is 1. The molecule has 1 rings (SSSR count). The summed E-state index contributed by atoms with van der Waals surface area (Å²) >= 11 is 1.16. The predicted octanol–water partition coefficient (Wildman–Crippen LogP) is 2.59. The zero-order chi connectivity index (χ0) is 14.0. The van der Waals surface area contributed by atoms with Crippen LogP contribution in [-0.4, -0.2) is 39.7 Å². The molecule has 1 aliphatic rings. The fraction of sp³-hybridized carbons (Fsp3) is 0.833. The van der Waals surface area contributed by atoms with Gasteiger partial charge in [0.2, 0.25) is 0 Å². The second-order valence-electron chi connectivity index (χ2n) is 5.84. The third-order valence-corrected chi connectivity index (χ3v) is 3.92. The van der Waals surface area contributed by atoms with E-state index in [1.54, 1.807) is 4.90 Å². The van der Waals surface area contributed by atoms with Crippen molar-refractivity contribution in [1.82, 2.24) is 4.90 Å². The Hall–Kier alpha value is -0.910. The minimum atomic E-state index is -0.472. The maximum atomic E-state index is 11.9. The van der Waals surface area contributed by atoms with Gasteiger partial charge in [0.1, 0.15) is 5.60 Å². The van der Waals surface area contributed by atoms with Gasteiger partial charge < -0.3 is 15.4 Å². The first-order valence-corrected chi connectivity index (χ1v) is 6.89. The van der Waals surface area contributed by atoms with Gasteiger partial charge in [-0.25, -0.2) is 4.79 Å². The first kappa shape index (κ1) is 15.1. The zero-order valence-electron chi connectivity index (χ0n) is 11.5. The zero-order valence-corrected chi connectivity index (χ0v) is 12.3. The van der Waals surface area contributed by atoms with Crippen molar-refractivity contribution in [2.45, 2.75) is 50.9 Å². The van der Waals surface area contributed by atoms with Crippen LogP contribution in [0.2, 0.25) is 0 Å². The van der Waals surface area contributed by atoms with E-state index >= 15 is 0 Å². The highest BCUT2D eigenvalue weighted by atomic mass is 32.2. The van der Waals surface area contributed by atoms with Crippen molar-refractivity contribution in [3.05, 3.63) is 0 Å². The van der Waals surface area contributed by atoms with Crippen LogP contribution in [-0.2, 0) is 4.74 Å². The molecule has 0 radical (unpaired) electrons. The van der Waals surface area contributed by atoms with Crippen LogP contribution >= 0.6 is 11.8 Å². The summed E-state index contributed by atoms with van der Waals surface area (Å²) in [4.78, 5) is 24.5. The number of thioether (sulfide) groups is 1. The first-order chi connectivity index (χ1) is 8.11. The van der Waals surface area contributed by atoms with E-state index in [2.05, 4.69) is 0 Å². The van der Waals surface area contributed by atoms with Crippen LogP contribution in [0, 0.1) is 0 Å². The molecule has 2 N–H and O–H groups in total. The largest absolute Gasteiger partial charge is 0.444 e. The average Bonchev–Trinajstić information content (AvgIpc) is 2.13. The van der Waals surface area contributed by atoms with E-state index in [0.717, 1.165) is 24.6 Å². The molecule has 0 atom stereocenters. The summed E-state index contributed by atoms with van der Waals surface area (Å²) in [5.74, 6) is 0. The van der Waals surface area contributed by atoms with Crippen molar-refractivity contribution in [2.24, 2.45) is 5.73 Å². The lowest BCUT2D eigenvalue weighted by molar-refractivity contribution is 0.0201. The van der Waals surface area contributed by atoms with Crippen LogP contribution in [0.4, 0.5) is 9.59 Å².